The monoisotopic (exact) mass is 260 g/mol. The number of halogens is 1. The number of rotatable bonds is 5. The van der Waals surface area contributed by atoms with Crippen molar-refractivity contribution in [2.45, 2.75) is 20.3 Å². The zero-order chi connectivity index (χ0) is 13.7. The van der Waals surface area contributed by atoms with Crippen LogP contribution in [-0.2, 0) is 6.42 Å². The van der Waals surface area contributed by atoms with Gasteiger partial charge in [-0.1, -0.05) is 13.0 Å². The van der Waals surface area contributed by atoms with Crippen molar-refractivity contribution in [1.29, 1.82) is 0 Å². The fourth-order valence-corrected chi connectivity index (χ4v) is 1.71. The van der Waals surface area contributed by atoms with Crippen LogP contribution in [0.4, 0.5) is 21.7 Å². The zero-order valence-electron chi connectivity index (χ0n) is 11.1. The average molecular weight is 260 g/mol. The third-order valence-corrected chi connectivity index (χ3v) is 2.54. The Bertz CT molecular complexity index is 557. The van der Waals surface area contributed by atoms with E-state index in [9.17, 15) is 4.39 Å². The average Bonchev–Trinajstić information content (AvgIpc) is 2.39. The molecule has 2 N–H and O–H groups in total. The number of benzene rings is 1. The molecule has 0 radical (unpaired) electrons. The van der Waals surface area contributed by atoms with Crippen molar-refractivity contribution < 1.29 is 4.39 Å². The number of aryl methyl sites for hydroxylation is 1. The smallest absolute Gasteiger partial charge is 0.136 e. The van der Waals surface area contributed by atoms with Gasteiger partial charge >= 0.3 is 0 Å². The molecule has 0 amide bonds. The molecule has 0 aliphatic heterocycles. The summed E-state index contributed by atoms with van der Waals surface area (Å²) in [6.07, 6.45) is 0.747. The second-order valence-corrected chi connectivity index (χ2v) is 4.07. The van der Waals surface area contributed by atoms with Crippen LogP contribution < -0.4 is 10.6 Å². The van der Waals surface area contributed by atoms with Gasteiger partial charge in [0, 0.05) is 24.7 Å². The fraction of sp³-hybridized carbons (Fsp3) is 0.286. The van der Waals surface area contributed by atoms with Crippen LogP contribution in [0.2, 0.25) is 0 Å². The molecule has 5 heteroatoms. The molecular formula is C14H17FN4. The Morgan fingerprint density at radius 3 is 2.58 bits per heavy atom. The van der Waals surface area contributed by atoms with Crippen LogP contribution in [0.25, 0.3) is 0 Å². The molecule has 100 valence electrons. The van der Waals surface area contributed by atoms with E-state index in [1.54, 1.807) is 12.1 Å². The first kappa shape index (κ1) is 13.3. The van der Waals surface area contributed by atoms with E-state index < -0.39 is 0 Å². The quantitative estimate of drug-likeness (QED) is 0.865. The first-order valence-electron chi connectivity index (χ1n) is 6.35. The summed E-state index contributed by atoms with van der Waals surface area (Å²) in [4.78, 5) is 8.74. The third-order valence-electron chi connectivity index (χ3n) is 2.54. The fourth-order valence-electron chi connectivity index (χ4n) is 1.71. The van der Waals surface area contributed by atoms with E-state index in [-0.39, 0.29) is 5.82 Å². The summed E-state index contributed by atoms with van der Waals surface area (Å²) in [7, 11) is 0. The van der Waals surface area contributed by atoms with Gasteiger partial charge in [0.15, 0.2) is 0 Å². The molecule has 2 rings (SSSR count). The second kappa shape index (κ2) is 6.13. The lowest BCUT2D eigenvalue weighted by molar-refractivity contribution is 0.628. The number of nitrogens with one attached hydrogen (secondary N) is 2. The third kappa shape index (κ3) is 3.64. The van der Waals surface area contributed by atoms with Crippen LogP contribution in [0.1, 0.15) is 19.7 Å². The Balaban J connectivity index is 2.26. The first-order chi connectivity index (χ1) is 9.21. The van der Waals surface area contributed by atoms with Crippen molar-refractivity contribution in [3.8, 4) is 0 Å². The Kier molecular flexibility index (Phi) is 4.28. The predicted molar refractivity (Wildman–Crippen MR) is 75.3 cm³/mol. The summed E-state index contributed by atoms with van der Waals surface area (Å²) < 4.78 is 13.1. The summed E-state index contributed by atoms with van der Waals surface area (Å²) in [6, 6.07) is 8.11. The van der Waals surface area contributed by atoms with Gasteiger partial charge in [0.1, 0.15) is 23.3 Å². The highest BCUT2D eigenvalue weighted by Crippen LogP contribution is 2.18. The van der Waals surface area contributed by atoms with Gasteiger partial charge in [-0.15, -0.1) is 0 Å². The van der Waals surface area contributed by atoms with Crippen LogP contribution in [0.15, 0.2) is 30.3 Å². The summed E-state index contributed by atoms with van der Waals surface area (Å²) in [6.45, 7) is 4.80. The molecule has 0 unspecified atom stereocenters. The molecule has 1 aromatic carbocycles. The SMILES string of the molecule is CCNc1cc(Nc2cccc(F)c2)nc(CC)n1. The van der Waals surface area contributed by atoms with Crippen molar-refractivity contribution in [2.24, 2.45) is 0 Å². The van der Waals surface area contributed by atoms with Crippen molar-refractivity contribution in [3.05, 3.63) is 42.0 Å². The van der Waals surface area contributed by atoms with E-state index in [2.05, 4.69) is 20.6 Å². The summed E-state index contributed by atoms with van der Waals surface area (Å²) in [5.74, 6) is 1.90. The largest absolute Gasteiger partial charge is 0.370 e. The lowest BCUT2D eigenvalue weighted by atomic mass is 10.3. The van der Waals surface area contributed by atoms with Crippen molar-refractivity contribution in [3.63, 3.8) is 0 Å². The highest BCUT2D eigenvalue weighted by Gasteiger charge is 2.04. The highest BCUT2D eigenvalue weighted by molar-refractivity contribution is 5.59. The summed E-state index contributed by atoms with van der Waals surface area (Å²) in [5.41, 5.74) is 0.670. The molecular weight excluding hydrogens is 243 g/mol. The molecule has 0 spiro atoms. The van der Waals surface area contributed by atoms with Crippen molar-refractivity contribution in [2.75, 3.05) is 17.2 Å². The normalized spacial score (nSPS) is 10.3. The Hall–Kier alpha value is -2.17. The molecule has 19 heavy (non-hydrogen) atoms. The maximum absolute atomic E-state index is 13.1. The number of aromatic nitrogens is 2. The molecule has 0 saturated carbocycles. The van der Waals surface area contributed by atoms with E-state index in [0.717, 1.165) is 24.6 Å². The topological polar surface area (TPSA) is 49.8 Å². The number of hydrogen-bond acceptors (Lipinski definition) is 4. The van der Waals surface area contributed by atoms with Crippen LogP contribution in [0.5, 0.6) is 0 Å². The summed E-state index contributed by atoms with van der Waals surface area (Å²) >= 11 is 0. The van der Waals surface area contributed by atoms with E-state index >= 15 is 0 Å². The minimum Gasteiger partial charge on any atom is -0.370 e. The standard InChI is InChI=1S/C14H17FN4/c1-3-12-18-13(16-4-2)9-14(19-12)17-11-7-5-6-10(15)8-11/h5-9H,3-4H2,1-2H3,(H2,16,17,18,19). The van der Waals surface area contributed by atoms with Crippen LogP contribution in [0.3, 0.4) is 0 Å². The Morgan fingerprint density at radius 1 is 1.11 bits per heavy atom. The van der Waals surface area contributed by atoms with Gasteiger partial charge in [-0.3, -0.25) is 0 Å². The number of hydrogen-bond donors (Lipinski definition) is 2. The van der Waals surface area contributed by atoms with E-state index in [1.807, 2.05) is 19.9 Å². The maximum Gasteiger partial charge on any atom is 0.136 e. The van der Waals surface area contributed by atoms with Gasteiger partial charge < -0.3 is 10.6 Å². The van der Waals surface area contributed by atoms with Gasteiger partial charge in [-0.05, 0) is 25.1 Å². The van der Waals surface area contributed by atoms with Gasteiger partial charge in [0.25, 0.3) is 0 Å². The van der Waals surface area contributed by atoms with Gasteiger partial charge in [0.2, 0.25) is 0 Å². The van der Waals surface area contributed by atoms with Crippen LogP contribution in [-0.4, -0.2) is 16.5 Å². The van der Waals surface area contributed by atoms with E-state index in [0.29, 0.717) is 11.5 Å². The molecule has 0 aliphatic rings. The Morgan fingerprint density at radius 2 is 1.89 bits per heavy atom. The van der Waals surface area contributed by atoms with Crippen LogP contribution >= 0.6 is 0 Å². The number of nitrogens with zero attached hydrogens (tertiary/aromatic N) is 2. The summed E-state index contributed by atoms with van der Waals surface area (Å²) in [5, 5.41) is 6.24. The molecule has 0 bridgehead atoms. The predicted octanol–water partition coefficient (Wildman–Crippen LogP) is 3.35. The lowest BCUT2D eigenvalue weighted by Gasteiger charge is -2.10. The van der Waals surface area contributed by atoms with E-state index in [1.165, 1.54) is 12.1 Å². The minimum absolute atomic E-state index is 0.276. The molecule has 2 aromatic rings. The minimum atomic E-state index is -0.276. The number of anilines is 3. The molecule has 1 aromatic heterocycles. The first-order valence-corrected chi connectivity index (χ1v) is 6.35. The molecule has 0 atom stereocenters. The van der Waals surface area contributed by atoms with Crippen LogP contribution in [0, 0.1) is 5.82 Å². The molecule has 0 aliphatic carbocycles. The zero-order valence-corrected chi connectivity index (χ0v) is 11.1. The van der Waals surface area contributed by atoms with Gasteiger partial charge in [-0.2, -0.15) is 0 Å². The van der Waals surface area contributed by atoms with E-state index in [4.69, 9.17) is 0 Å². The second-order valence-electron chi connectivity index (χ2n) is 4.07. The molecule has 0 saturated heterocycles. The van der Waals surface area contributed by atoms with Gasteiger partial charge in [0.05, 0.1) is 0 Å². The van der Waals surface area contributed by atoms with Gasteiger partial charge in [-0.25, -0.2) is 14.4 Å². The molecule has 0 fully saturated rings. The van der Waals surface area contributed by atoms with Crippen molar-refractivity contribution in [1.82, 2.24) is 9.97 Å². The van der Waals surface area contributed by atoms with Crippen molar-refractivity contribution >= 4 is 17.3 Å². The maximum atomic E-state index is 13.1. The molecule has 4 nitrogen and oxygen atoms in total. The Labute approximate surface area is 112 Å². The lowest BCUT2D eigenvalue weighted by Crippen LogP contribution is -2.05. The molecule has 1 heterocycles. The highest BCUT2D eigenvalue weighted by atomic mass is 19.1.